The molecule has 12 heavy (non-hydrogen) atoms. The minimum atomic E-state index is 0.520. The van der Waals surface area contributed by atoms with E-state index in [9.17, 15) is 0 Å². The fourth-order valence-electron chi connectivity index (χ4n) is 1.54. The lowest BCUT2D eigenvalue weighted by Crippen LogP contribution is -2.05. The van der Waals surface area contributed by atoms with Gasteiger partial charge in [0.05, 0.1) is 11.4 Å². The van der Waals surface area contributed by atoms with Gasteiger partial charge >= 0.3 is 0 Å². The first-order chi connectivity index (χ1) is 5.86. The Bertz CT molecular complexity index is 253. The molecule has 0 aliphatic heterocycles. The number of hydrogen-bond donors (Lipinski definition) is 1. The van der Waals surface area contributed by atoms with E-state index in [1.54, 1.807) is 0 Å². The summed E-state index contributed by atoms with van der Waals surface area (Å²) in [5, 5.41) is 8.11. The molecule has 1 aromatic heterocycles. The normalized spacial score (nSPS) is 16.8. The van der Waals surface area contributed by atoms with Crippen LogP contribution in [0.3, 0.4) is 0 Å². The first-order valence-electron chi connectivity index (χ1n) is 4.49. The van der Waals surface area contributed by atoms with Gasteiger partial charge < -0.3 is 5.73 Å². The molecule has 2 N–H and O–H groups in total. The molecular formula is C8H14N4. The number of aromatic nitrogens is 3. The zero-order valence-corrected chi connectivity index (χ0v) is 7.32. The highest BCUT2D eigenvalue weighted by molar-refractivity contribution is 5.20. The quantitative estimate of drug-likeness (QED) is 0.716. The molecule has 0 atom stereocenters. The van der Waals surface area contributed by atoms with Crippen LogP contribution in [0.25, 0.3) is 0 Å². The molecule has 0 aromatic carbocycles. The number of hydrogen-bond acceptors (Lipinski definition) is 3. The fourth-order valence-corrected chi connectivity index (χ4v) is 1.54. The molecule has 1 aromatic rings. The summed E-state index contributed by atoms with van der Waals surface area (Å²) >= 11 is 0. The Labute approximate surface area is 71.8 Å². The number of nitrogens with two attached hydrogens (primary N) is 1. The monoisotopic (exact) mass is 166 g/mol. The van der Waals surface area contributed by atoms with Crippen LogP contribution >= 0.6 is 0 Å². The summed E-state index contributed by atoms with van der Waals surface area (Å²) < 4.78 is 1.97. The Kier molecular flexibility index (Phi) is 1.84. The van der Waals surface area contributed by atoms with E-state index >= 15 is 0 Å². The first kappa shape index (κ1) is 7.73. The van der Waals surface area contributed by atoms with Gasteiger partial charge in [0.25, 0.3) is 0 Å². The summed E-state index contributed by atoms with van der Waals surface area (Å²) in [6.07, 6.45) is 2.56. The van der Waals surface area contributed by atoms with E-state index in [1.165, 1.54) is 18.5 Å². The van der Waals surface area contributed by atoms with Gasteiger partial charge in [-0.25, -0.2) is 4.68 Å². The summed E-state index contributed by atoms with van der Waals surface area (Å²) in [7, 11) is 0. The second-order valence-electron chi connectivity index (χ2n) is 3.22. The zero-order chi connectivity index (χ0) is 8.55. The summed E-state index contributed by atoms with van der Waals surface area (Å²) in [6.45, 7) is 3.51. The van der Waals surface area contributed by atoms with Crippen LogP contribution < -0.4 is 5.73 Å². The second kappa shape index (κ2) is 2.86. The van der Waals surface area contributed by atoms with Gasteiger partial charge in [0.15, 0.2) is 0 Å². The summed E-state index contributed by atoms with van der Waals surface area (Å²) in [5.74, 6) is 0.693. The highest BCUT2D eigenvalue weighted by atomic mass is 15.4. The molecule has 0 bridgehead atoms. The van der Waals surface area contributed by atoms with E-state index < -0.39 is 0 Å². The van der Waals surface area contributed by atoms with E-state index in [4.69, 9.17) is 5.73 Å². The first-order valence-corrected chi connectivity index (χ1v) is 4.49. The van der Waals surface area contributed by atoms with Crippen LogP contribution in [0.2, 0.25) is 0 Å². The van der Waals surface area contributed by atoms with Gasteiger partial charge in [-0.2, -0.15) is 0 Å². The van der Waals surface area contributed by atoms with Gasteiger partial charge in [0, 0.05) is 19.0 Å². The topological polar surface area (TPSA) is 56.7 Å². The average Bonchev–Trinajstić information content (AvgIpc) is 2.85. The molecule has 0 unspecified atom stereocenters. The lowest BCUT2D eigenvalue weighted by molar-refractivity contribution is 0.598. The lowest BCUT2D eigenvalue weighted by atomic mass is 10.2. The second-order valence-corrected chi connectivity index (χ2v) is 3.22. The highest BCUT2D eigenvalue weighted by Gasteiger charge is 2.30. The molecule has 4 nitrogen and oxygen atoms in total. The third kappa shape index (κ3) is 1.12. The minimum Gasteiger partial charge on any atom is -0.325 e. The van der Waals surface area contributed by atoms with E-state index in [2.05, 4.69) is 17.2 Å². The van der Waals surface area contributed by atoms with Gasteiger partial charge in [-0.05, 0) is 19.8 Å². The maximum absolute atomic E-state index is 5.57. The third-order valence-corrected chi connectivity index (χ3v) is 2.30. The van der Waals surface area contributed by atoms with E-state index in [1.807, 2.05) is 4.68 Å². The van der Waals surface area contributed by atoms with Crippen molar-refractivity contribution in [3.63, 3.8) is 0 Å². The Morgan fingerprint density at radius 3 is 2.83 bits per heavy atom. The molecule has 1 saturated carbocycles. The molecule has 1 fully saturated rings. The van der Waals surface area contributed by atoms with E-state index in [0.29, 0.717) is 12.5 Å². The number of rotatable bonds is 3. The smallest absolute Gasteiger partial charge is 0.0997 e. The van der Waals surface area contributed by atoms with Crippen LogP contribution in [-0.4, -0.2) is 15.0 Å². The van der Waals surface area contributed by atoms with Crippen LogP contribution in [0.5, 0.6) is 0 Å². The Morgan fingerprint density at radius 2 is 2.33 bits per heavy atom. The van der Waals surface area contributed by atoms with Gasteiger partial charge in [-0.3, -0.25) is 0 Å². The molecule has 66 valence electrons. The highest BCUT2D eigenvalue weighted by Crippen LogP contribution is 2.40. The van der Waals surface area contributed by atoms with Crippen LogP contribution in [0, 0.1) is 0 Å². The fraction of sp³-hybridized carbons (Fsp3) is 0.750. The summed E-state index contributed by atoms with van der Waals surface area (Å²) in [6, 6.07) is 0. The van der Waals surface area contributed by atoms with E-state index in [-0.39, 0.29) is 0 Å². The van der Waals surface area contributed by atoms with Gasteiger partial charge in [-0.15, -0.1) is 5.10 Å². The van der Waals surface area contributed by atoms with Gasteiger partial charge in [0.1, 0.15) is 0 Å². The maximum atomic E-state index is 5.57. The Morgan fingerprint density at radius 1 is 1.58 bits per heavy atom. The molecule has 0 saturated heterocycles. The number of nitrogens with zero attached hydrogens (tertiary/aromatic N) is 3. The van der Waals surface area contributed by atoms with Crippen molar-refractivity contribution in [1.29, 1.82) is 0 Å². The maximum Gasteiger partial charge on any atom is 0.0997 e. The molecule has 0 radical (unpaired) electrons. The van der Waals surface area contributed by atoms with Crippen LogP contribution in [0.15, 0.2) is 0 Å². The van der Waals surface area contributed by atoms with Crippen molar-refractivity contribution >= 4 is 0 Å². The largest absolute Gasteiger partial charge is 0.325 e. The summed E-state index contributed by atoms with van der Waals surface area (Å²) in [4.78, 5) is 0. The Balaban J connectivity index is 2.36. The SMILES string of the molecule is CCn1nnc(CN)c1C1CC1. The molecule has 1 aliphatic carbocycles. The van der Waals surface area contributed by atoms with Crippen LogP contribution in [0.1, 0.15) is 37.1 Å². The minimum absolute atomic E-state index is 0.520. The lowest BCUT2D eigenvalue weighted by Gasteiger charge is -2.01. The van der Waals surface area contributed by atoms with Crippen LogP contribution in [-0.2, 0) is 13.1 Å². The molecule has 4 heteroatoms. The molecular weight excluding hydrogens is 152 g/mol. The Hall–Kier alpha value is -0.900. The van der Waals surface area contributed by atoms with Crippen molar-refractivity contribution in [2.75, 3.05) is 0 Å². The average molecular weight is 166 g/mol. The van der Waals surface area contributed by atoms with Crippen molar-refractivity contribution in [1.82, 2.24) is 15.0 Å². The molecule has 1 heterocycles. The zero-order valence-electron chi connectivity index (χ0n) is 7.32. The van der Waals surface area contributed by atoms with Gasteiger partial charge in [0.2, 0.25) is 0 Å². The molecule has 1 aliphatic rings. The summed E-state index contributed by atoms with van der Waals surface area (Å²) in [5.41, 5.74) is 7.83. The standard InChI is InChI=1S/C8H14N4/c1-2-12-8(6-3-4-6)7(5-9)10-11-12/h6H,2-5,9H2,1H3. The van der Waals surface area contributed by atoms with Crippen molar-refractivity contribution in [2.24, 2.45) is 5.73 Å². The molecule has 0 amide bonds. The number of aryl methyl sites for hydroxylation is 1. The van der Waals surface area contributed by atoms with Gasteiger partial charge in [-0.1, -0.05) is 5.21 Å². The predicted octanol–water partition coefficient (Wildman–Crippen LogP) is 0.634. The predicted molar refractivity (Wildman–Crippen MR) is 45.6 cm³/mol. The van der Waals surface area contributed by atoms with Crippen molar-refractivity contribution < 1.29 is 0 Å². The van der Waals surface area contributed by atoms with Crippen molar-refractivity contribution in [3.05, 3.63) is 11.4 Å². The van der Waals surface area contributed by atoms with Crippen molar-refractivity contribution in [3.8, 4) is 0 Å². The molecule has 0 spiro atoms. The van der Waals surface area contributed by atoms with Crippen LogP contribution in [0.4, 0.5) is 0 Å². The van der Waals surface area contributed by atoms with E-state index in [0.717, 1.165) is 12.2 Å². The third-order valence-electron chi connectivity index (χ3n) is 2.30. The van der Waals surface area contributed by atoms with Crippen molar-refractivity contribution in [2.45, 2.75) is 38.8 Å². The molecule has 2 rings (SSSR count).